The smallest absolute Gasteiger partial charge is 0.217 e. The zero-order valence-corrected chi connectivity index (χ0v) is 12.5. The average molecular weight is 302 g/mol. The number of amides is 1. The molecule has 0 fully saturated rings. The second-order valence-electron chi connectivity index (χ2n) is 5.22. The van der Waals surface area contributed by atoms with Crippen LogP contribution in [0.25, 0.3) is 10.8 Å². The van der Waals surface area contributed by atoms with Crippen molar-refractivity contribution in [2.24, 2.45) is 5.73 Å². The molecule has 2 aromatic carbocycles. The predicted molar refractivity (Wildman–Crippen MR) is 86.7 cm³/mol. The average Bonchev–Trinajstić information content (AvgIpc) is 2.52. The first-order valence-electron chi connectivity index (χ1n) is 7.44. The van der Waals surface area contributed by atoms with Crippen LogP contribution in [0.2, 0.25) is 0 Å². The topological polar surface area (TPSA) is 84.6 Å². The summed E-state index contributed by atoms with van der Waals surface area (Å²) in [4.78, 5) is 10.6. The predicted octanol–water partition coefficient (Wildman–Crippen LogP) is 1.43. The van der Waals surface area contributed by atoms with Gasteiger partial charge in [-0.1, -0.05) is 36.4 Å². The maximum Gasteiger partial charge on any atom is 0.217 e. The number of nitrogens with one attached hydrogen (secondary N) is 1. The largest absolute Gasteiger partial charge is 0.490 e. The summed E-state index contributed by atoms with van der Waals surface area (Å²) in [5.41, 5.74) is 5.06. The summed E-state index contributed by atoms with van der Waals surface area (Å²) >= 11 is 0. The van der Waals surface area contributed by atoms with Crippen LogP contribution in [0.5, 0.6) is 5.75 Å². The molecule has 0 aliphatic carbocycles. The van der Waals surface area contributed by atoms with Gasteiger partial charge in [0.25, 0.3) is 0 Å². The molecule has 1 unspecified atom stereocenters. The van der Waals surface area contributed by atoms with Crippen molar-refractivity contribution in [1.29, 1.82) is 0 Å². The Bertz CT molecular complexity index is 610. The van der Waals surface area contributed by atoms with Crippen LogP contribution in [-0.2, 0) is 4.79 Å². The number of hydrogen-bond donors (Lipinski definition) is 3. The lowest BCUT2D eigenvalue weighted by atomic mass is 10.1. The van der Waals surface area contributed by atoms with Crippen LogP contribution in [0.4, 0.5) is 0 Å². The fourth-order valence-electron chi connectivity index (χ4n) is 2.22. The van der Waals surface area contributed by atoms with Gasteiger partial charge in [0.2, 0.25) is 5.91 Å². The minimum absolute atomic E-state index is 0.219. The molecule has 118 valence electrons. The second kappa shape index (κ2) is 8.36. The molecular weight excluding hydrogens is 280 g/mol. The Balaban J connectivity index is 1.76. The van der Waals surface area contributed by atoms with Crippen molar-refractivity contribution in [2.75, 3.05) is 19.7 Å². The summed E-state index contributed by atoms with van der Waals surface area (Å²) in [7, 11) is 0. The highest BCUT2D eigenvalue weighted by Gasteiger charge is 2.07. The molecule has 0 heterocycles. The molecule has 2 aromatic rings. The van der Waals surface area contributed by atoms with Crippen LogP contribution in [0, 0.1) is 0 Å². The van der Waals surface area contributed by atoms with E-state index in [4.69, 9.17) is 10.5 Å². The number of benzene rings is 2. The number of fused-ring (bicyclic) bond motifs is 1. The van der Waals surface area contributed by atoms with E-state index < -0.39 is 6.10 Å². The third kappa shape index (κ3) is 5.02. The normalized spacial score (nSPS) is 12.2. The zero-order valence-electron chi connectivity index (χ0n) is 12.5. The minimum atomic E-state index is -0.604. The summed E-state index contributed by atoms with van der Waals surface area (Å²) in [6.45, 7) is 1.29. The van der Waals surface area contributed by atoms with Crippen LogP contribution >= 0.6 is 0 Å². The molecule has 1 atom stereocenters. The number of ether oxygens (including phenoxy) is 1. The van der Waals surface area contributed by atoms with Gasteiger partial charge < -0.3 is 20.9 Å². The molecule has 5 heteroatoms. The van der Waals surface area contributed by atoms with Crippen LogP contribution in [0.15, 0.2) is 42.5 Å². The van der Waals surface area contributed by atoms with Crippen molar-refractivity contribution < 1.29 is 14.6 Å². The fourth-order valence-corrected chi connectivity index (χ4v) is 2.22. The molecule has 5 nitrogen and oxygen atoms in total. The molecule has 0 bridgehead atoms. The summed E-state index contributed by atoms with van der Waals surface area (Å²) < 4.78 is 5.71. The molecule has 0 aromatic heterocycles. The van der Waals surface area contributed by atoms with Gasteiger partial charge in [0.1, 0.15) is 18.5 Å². The van der Waals surface area contributed by atoms with Gasteiger partial charge >= 0.3 is 0 Å². The van der Waals surface area contributed by atoms with E-state index in [-0.39, 0.29) is 12.5 Å². The highest BCUT2D eigenvalue weighted by Crippen LogP contribution is 2.25. The van der Waals surface area contributed by atoms with E-state index in [1.54, 1.807) is 0 Å². The van der Waals surface area contributed by atoms with Crippen molar-refractivity contribution in [1.82, 2.24) is 5.32 Å². The highest BCUT2D eigenvalue weighted by molar-refractivity contribution is 5.88. The first-order chi connectivity index (χ1) is 10.7. The van der Waals surface area contributed by atoms with E-state index in [0.29, 0.717) is 25.9 Å². The third-order valence-corrected chi connectivity index (χ3v) is 3.34. The van der Waals surface area contributed by atoms with Crippen LogP contribution in [-0.4, -0.2) is 36.8 Å². The minimum Gasteiger partial charge on any atom is -0.490 e. The number of nitrogens with two attached hydrogens (primary N) is 1. The Morgan fingerprint density at radius 2 is 2.00 bits per heavy atom. The molecule has 0 spiro atoms. The monoisotopic (exact) mass is 302 g/mol. The fraction of sp³-hybridized carbons (Fsp3) is 0.353. The standard InChI is InChI=1S/C17H22N2O3/c18-17(21)9-4-10-19-11-14(20)12-22-16-8-3-6-13-5-1-2-7-15(13)16/h1-3,5-8,14,19-20H,4,9-12H2,(H2,18,21). The first-order valence-corrected chi connectivity index (χ1v) is 7.44. The van der Waals surface area contributed by atoms with E-state index in [1.165, 1.54) is 0 Å². The van der Waals surface area contributed by atoms with Crippen LogP contribution in [0.1, 0.15) is 12.8 Å². The van der Waals surface area contributed by atoms with Gasteiger partial charge in [-0.25, -0.2) is 0 Å². The van der Waals surface area contributed by atoms with Crippen molar-refractivity contribution in [2.45, 2.75) is 18.9 Å². The number of aliphatic hydroxyl groups excluding tert-OH is 1. The maximum absolute atomic E-state index is 10.6. The molecular formula is C17H22N2O3. The lowest BCUT2D eigenvalue weighted by Gasteiger charge is -2.14. The lowest BCUT2D eigenvalue weighted by molar-refractivity contribution is -0.118. The van der Waals surface area contributed by atoms with Crippen molar-refractivity contribution in [3.63, 3.8) is 0 Å². The van der Waals surface area contributed by atoms with E-state index in [0.717, 1.165) is 16.5 Å². The molecule has 0 radical (unpaired) electrons. The molecule has 0 aliphatic rings. The molecule has 0 aliphatic heterocycles. The number of carbonyl (C=O) groups is 1. The van der Waals surface area contributed by atoms with Crippen molar-refractivity contribution in [3.05, 3.63) is 42.5 Å². The SMILES string of the molecule is NC(=O)CCCNCC(O)COc1cccc2ccccc12. The first kappa shape index (κ1) is 16.3. The molecule has 4 N–H and O–H groups in total. The summed E-state index contributed by atoms with van der Waals surface area (Å²) in [6, 6.07) is 13.8. The Morgan fingerprint density at radius 1 is 1.23 bits per heavy atom. The molecule has 0 saturated carbocycles. The Labute approximate surface area is 130 Å². The number of rotatable bonds is 9. The quantitative estimate of drug-likeness (QED) is 0.612. The van der Waals surface area contributed by atoms with E-state index in [2.05, 4.69) is 5.32 Å². The Kier molecular flexibility index (Phi) is 6.18. The summed E-state index contributed by atoms with van der Waals surface area (Å²) in [5.74, 6) is 0.465. The Morgan fingerprint density at radius 3 is 2.82 bits per heavy atom. The van der Waals surface area contributed by atoms with Gasteiger partial charge in [-0.05, 0) is 24.4 Å². The van der Waals surface area contributed by atoms with Gasteiger partial charge in [-0.3, -0.25) is 4.79 Å². The van der Waals surface area contributed by atoms with Gasteiger partial charge in [-0.15, -0.1) is 0 Å². The number of aliphatic hydroxyl groups is 1. The van der Waals surface area contributed by atoms with Crippen LogP contribution in [0.3, 0.4) is 0 Å². The lowest BCUT2D eigenvalue weighted by Crippen LogP contribution is -2.32. The Hall–Kier alpha value is -2.11. The third-order valence-electron chi connectivity index (χ3n) is 3.34. The van der Waals surface area contributed by atoms with E-state index in [1.807, 2.05) is 42.5 Å². The van der Waals surface area contributed by atoms with Crippen molar-refractivity contribution >= 4 is 16.7 Å². The number of primary amides is 1. The summed E-state index contributed by atoms with van der Waals surface area (Å²) in [5, 5.41) is 15.1. The van der Waals surface area contributed by atoms with Gasteiger partial charge in [-0.2, -0.15) is 0 Å². The summed E-state index contributed by atoms with van der Waals surface area (Å²) in [6.07, 6.45) is 0.425. The molecule has 1 amide bonds. The number of hydrogen-bond acceptors (Lipinski definition) is 4. The zero-order chi connectivity index (χ0) is 15.8. The highest BCUT2D eigenvalue weighted by atomic mass is 16.5. The van der Waals surface area contributed by atoms with Gasteiger partial charge in [0.05, 0.1) is 0 Å². The van der Waals surface area contributed by atoms with Gasteiger partial charge in [0, 0.05) is 18.4 Å². The maximum atomic E-state index is 10.6. The van der Waals surface area contributed by atoms with E-state index in [9.17, 15) is 9.90 Å². The number of carbonyl (C=O) groups excluding carboxylic acids is 1. The van der Waals surface area contributed by atoms with Gasteiger partial charge in [0.15, 0.2) is 0 Å². The van der Waals surface area contributed by atoms with E-state index >= 15 is 0 Å². The second-order valence-corrected chi connectivity index (χ2v) is 5.22. The van der Waals surface area contributed by atoms with Crippen molar-refractivity contribution in [3.8, 4) is 5.75 Å². The molecule has 0 saturated heterocycles. The molecule has 22 heavy (non-hydrogen) atoms. The van der Waals surface area contributed by atoms with Crippen LogP contribution < -0.4 is 15.8 Å². The molecule has 2 rings (SSSR count).